The molecule has 5 fully saturated rings. The third-order valence-electron chi connectivity index (χ3n) is 5.44. The summed E-state index contributed by atoms with van der Waals surface area (Å²) in [4.78, 5) is 26.8. The minimum absolute atomic E-state index is 0. The first-order valence-electron chi connectivity index (χ1n) is 7.26. The molecule has 5 atom stereocenters. The van der Waals surface area contributed by atoms with E-state index in [1.807, 2.05) is 0 Å². The van der Waals surface area contributed by atoms with Crippen LogP contribution < -0.4 is 0 Å². The molecule has 22 heavy (non-hydrogen) atoms. The van der Waals surface area contributed by atoms with Crippen LogP contribution in [0.25, 0.3) is 0 Å². The second-order valence-corrected chi connectivity index (χ2v) is 9.07. The van der Waals surface area contributed by atoms with Gasteiger partial charge < -0.3 is 25.5 Å². The number of hydrogen-bond acceptors (Lipinski definition) is 6. The van der Waals surface area contributed by atoms with E-state index in [1.165, 1.54) is 26.5 Å². The van der Waals surface area contributed by atoms with Crippen molar-refractivity contribution in [3.05, 3.63) is 0 Å². The average molecular weight is 350 g/mol. The van der Waals surface area contributed by atoms with E-state index in [9.17, 15) is 19.8 Å². The lowest BCUT2D eigenvalue weighted by Gasteiger charge is -2.58. The Labute approximate surface area is 137 Å². The van der Waals surface area contributed by atoms with E-state index >= 15 is 0 Å². The Hall–Kier alpha value is -0.480. The fourth-order valence-corrected chi connectivity index (χ4v) is 7.99. The summed E-state index contributed by atoms with van der Waals surface area (Å²) in [6.07, 6.45) is 2.61. The van der Waals surface area contributed by atoms with E-state index in [0.29, 0.717) is 12.8 Å². The first-order valence-corrected chi connectivity index (χ1v) is 9.41. The number of amides is 2. The largest absolute Gasteiger partial charge is 0.412 e. The molecule has 2 bridgehead atoms. The summed E-state index contributed by atoms with van der Waals surface area (Å²) >= 11 is 0. The highest BCUT2D eigenvalue weighted by Gasteiger charge is 2.73. The number of nitrogens with zero attached hydrogens (tertiary/aromatic N) is 2. The maximum atomic E-state index is 13.0. The van der Waals surface area contributed by atoms with Gasteiger partial charge in [-0.15, -0.1) is 0 Å². The molecule has 0 aromatic carbocycles. The molecule has 2 amide bonds. The van der Waals surface area contributed by atoms with Crippen molar-refractivity contribution in [3.8, 4) is 0 Å². The Morgan fingerprint density at radius 2 is 2.05 bits per heavy atom. The van der Waals surface area contributed by atoms with Gasteiger partial charge in [0.2, 0.25) is 4.87 Å². The van der Waals surface area contributed by atoms with E-state index in [4.69, 9.17) is 0 Å². The monoisotopic (exact) mass is 350 g/mol. The Morgan fingerprint density at radius 1 is 1.32 bits per heavy atom. The van der Waals surface area contributed by atoms with E-state index in [-0.39, 0.29) is 30.7 Å². The fourth-order valence-electron chi connectivity index (χ4n) is 4.33. The molecule has 4 saturated heterocycles. The van der Waals surface area contributed by atoms with E-state index in [0.717, 1.165) is 12.8 Å². The van der Waals surface area contributed by atoms with Gasteiger partial charge in [0.1, 0.15) is 0 Å². The number of aliphatic hydroxyl groups excluding tert-OH is 2. The second-order valence-electron chi connectivity index (χ2n) is 6.39. The zero-order valence-electron chi connectivity index (χ0n) is 12.2. The lowest BCUT2D eigenvalue weighted by molar-refractivity contribution is -0.169. The van der Waals surface area contributed by atoms with Gasteiger partial charge in [-0.25, -0.2) is 0 Å². The standard InChI is InChI=1S/C13H18N2O4S2.H2O.H2/c1-14-10(18)12-5-7-3-2-4-8(17)9(7)15(12)11(19)13(14,6-16)21-20-12;;/h7-9,16-17H,2-6H2,1H3;1H2;1H. The van der Waals surface area contributed by atoms with Crippen LogP contribution in [-0.2, 0) is 9.59 Å². The predicted octanol–water partition coefficient (Wildman–Crippen LogP) is -0.578. The summed E-state index contributed by atoms with van der Waals surface area (Å²) in [7, 11) is 4.29. The molecule has 7 nitrogen and oxygen atoms in total. The van der Waals surface area contributed by atoms with Crippen molar-refractivity contribution in [2.45, 2.75) is 47.6 Å². The number of fused-ring (bicyclic) bond motifs is 3. The number of piperazine rings is 1. The van der Waals surface area contributed by atoms with Gasteiger partial charge >= 0.3 is 0 Å². The number of rotatable bonds is 1. The molecular formula is C13H22N2O5S2. The smallest absolute Gasteiger partial charge is 0.264 e. The highest BCUT2D eigenvalue weighted by Crippen LogP contribution is 2.65. The molecular weight excluding hydrogens is 328 g/mol. The normalized spacial score (nSPS) is 46.4. The van der Waals surface area contributed by atoms with Crippen LogP contribution in [0.4, 0.5) is 0 Å². The molecule has 4 heterocycles. The summed E-state index contributed by atoms with van der Waals surface area (Å²) in [6.45, 7) is -0.397. The Morgan fingerprint density at radius 3 is 2.73 bits per heavy atom. The van der Waals surface area contributed by atoms with Crippen molar-refractivity contribution in [2.75, 3.05) is 13.7 Å². The molecule has 4 N–H and O–H groups in total. The highest BCUT2D eigenvalue weighted by atomic mass is 33.1. The summed E-state index contributed by atoms with van der Waals surface area (Å²) < 4.78 is 0. The van der Waals surface area contributed by atoms with E-state index in [2.05, 4.69) is 0 Å². The molecule has 5 rings (SSSR count). The fraction of sp³-hybridized carbons (Fsp3) is 0.846. The number of carbonyl (C=O) groups is 2. The van der Waals surface area contributed by atoms with Crippen LogP contribution in [0.2, 0.25) is 0 Å². The van der Waals surface area contributed by atoms with Crippen LogP contribution in [0.3, 0.4) is 0 Å². The van der Waals surface area contributed by atoms with Crippen molar-refractivity contribution in [2.24, 2.45) is 5.92 Å². The summed E-state index contributed by atoms with van der Waals surface area (Å²) in [6, 6.07) is -0.275. The van der Waals surface area contributed by atoms with Crippen molar-refractivity contribution < 1.29 is 26.7 Å². The van der Waals surface area contributed by atoms with Gasteiger partial charge in [0, 0.05) is 8.47 Å². The minimum atomic E-state index is -1.23. The molecule has 0 radical (unpaired) electrons. The van der Waals surface area contributed by atoms with Gasteiger partial charge in [-0.1, -0.05) is 17.2 Å². The number of hydrogen-bond donors (Lipinski definition) is 2. The second kappa shape index (κ2) is 5.01. The predicted molar refractivity (Wildman–Crippen MR) is 84.8 cm³/mol. The van der Waals surface area contributed by atoms with Crippen molar-refractivity contribution in [1.82, 2.24) is 9.80 Å². The van der Waals surface area contributed by atoms with Gasteiger partial charge in [-0.3, -0.25) is 9.59 Å². The van der Waals surface area contributed by atoms with Crippen LogP contribution in [0, 0.1) is 5.92 Å². The Balaban J connectivity index is 0.000000960. The van der Waals surface area contributed by atoms with Crippen molar-refractivity contribution >= 4 is 33.4 Å². The number of likely N-dealkylation sites (N-methyl/N-ethyl adjacent to an activating group) is 1. The lowest BCUT2D eigenvalue weighted by Crippen LogP contribution is -2.77. The topological polar surface area (TPSA) is 113 Å². The van der Waals surface area contributed by atoms with E-state index in [1.54, 1.807) is 11.9 Å². The van der Waals surface area contributed by atoms with Gasteiger partial charge in [-0.2, -0.15) is 0 Å². The summed E-state index contributed by atoms with van der Waals surface area (Å²) in [5, 5.41) is 20.1. The molecule has 1 spiro atoms. The van der Waals surface area contributed by atoms with Crippen LogP contribution in [-0.4, -0.2) is 72.8 Å². The molecule has 126 valence electrons. The molecule has 4 aliphatic heterocycles. The summed E-state index contributed by atoms with van der Waals surface area (Å²) in [5.41, 5.74) is 0. The maximum Gasteiger partial charge on any atom is 0.264 e. The van der Waals surface area contributed by atoms with Crippen molar-refractivity contribution in [3.63, 3.8) is 0 Å². The SMILES string of the molecule is CN1C(=O)C23CC4CCCC(O)C4N2C(=O)C1(CO)SS3.O.[HH]. The quantitative estimate of drug-likeness (QED) is 0.612. The number of aliphatic hydroxyl groups is 2. The molecule has 5 unspecified atom stereocenters. The molecule has 9 heteroatoms. The van der Waals surface area contributed by atoms with Gasteiger partial charge in [0.15, 0.2) is 4.87 Å². The zero-order valence-corrected chi connectivity index (χ0v) is 13.8. The zero-order chi connectivity index (χ0) is 15.0. The maximum absolute atomic E-state index is 13.0. The third kappa shape index (κ3) is 1.61. The Kier molecular flexibility index (Phi) is 3.73. The first kappa shape index (κ1) is 16.4. The summed E-state index contributed by atoms with van der Waals surface area (Å²) in [5.74, 6) is -0.151. The van der Waals surface area contributed by atoms with Crippen LogP contribution in [0.5, 0.6) is 0 Å². The molecule has 5 aliphatic rings. The average Bonchev–Trinajstić information content (AvgIpc) is 2.83. The van der Waals surface area contributed by atoms with Crippen LogP contribution >= 0.6 is 21.6 Å². The first-order chi connectivity index (χ1) is 9.98. The van der Waals surface area contributed by atoms with Crippen molar-refractivity contribution in [1.29, 1.82) is 0 Å². The number of carbonyl (C=O) groups excluding carboxylic acids is 2. The molecule has 0 aromatic rings. The lowest BCUT2D eigenvalue weighted by atomic mass is 9.82. The van der Waals surface area contributed by atoms with Crippen LogP contribution in [0.1, 0.15) is 27.1 Å². The highest BCUT2D eigenvalue weighted by molar-refractivity contribution is 8.78. The van der Waals surface area contributed by atoms with Gasteiger partial charge in [0.25, 0.3) is 11.8 Å². The molecule has 0 aromatic heterocycles. The minimum Gasteiger partial charge on any atom is -0.412 e. The van der Waals surface area contributed by atoms with Crippen LogP contribution in [0.15, 0.2) is 0 Å². The van der Waals surface area contributed by atoms with Gasteiger partial charge in [-0.05, 0) is 36.0 Å². The Bertz CT molecular complexity index is 540. The van der Waals surface area contributed by atoms with E-state index < -0.39 is 22.5 Å². The molecule has 1 saturated carbocycles. The van der Waals surface area contributed by atoms with Gasteiger partial charge in [0.05, 0.1) is 18.8 Å². The molecule has 1 aliphatic carbocycles. The third-order valence-corrected chi connectivity index (χ3v) is 9.10.